The van der Waals surface area contributed by atoms with Gasteiger partial charge in [-0.1, -0.05) is 30.9 Å². The first-order chi connectivity index (χ1) is 19.9. The molecule has 6 rings (SSSR count). The number of hydrogen-bond donors (Lipinski definition) is 0. The molecular formula is C33H45ClN6O. The van der Waals surface area contributed by atoms with E-state index < -0.39 is 0 Å². The van der Waals surface area contributed by atoms with Gasteiger partial charge in [0.25, 0.3) is 0 Å². The minimum absolute atomic E-state index is 0.245. The molecule has 4 heterocycles. The van der Waals surface area contributed by atoms with Crippen LogP contribution in [0.25, 0.3) is 0 Å². The number of ether oxygens (including phenoxy) is 1. The number of hydrogen-bond acceptors (Lipinski definition) is 7. The van der Waals surface area contributed by atoms with Crippen LogP contribution in [-0.4, -0.2) is 66.5 Å². The van der Waals surface area contributed by atoms with Gasteiger partial charge in [0.15, 0.2) is 5.82 Å². The number of anilines is 2. The van der Waals surface area contributed by atoms with E-state index in [4.69, 9.17) is 16.3 Å². The predicted octanol–water partition coefficient (Wildman–Crippen LogP) is 6.62. The first-order valence-corrected chi connectivity index (χ1v) is 16.2. The molecule has 8 heteroatoms. The van der Waals surface area contributed by atoms with Crippen molar-refractivity contribution in [1.29, 1.82) is 5.26 Å². The largest absolute Gasteiger partial charge is 0.473 e. The average Bonchev–Trinajstić information content (AvgIpc) is 3.31. The normalized spacial score (nSPS) is 24.1. The fourth-order valence-corrected chi connectivity index (χ4v) is 8.15. The highest BCUT2D eigenvalue weighted by molar-refractivity contribution is 6.32. The number of piperidine rings is 2. The monoisotopic (exact) mass is 576 g/mol. The average molecular weight is 577 g/mol. The van der Waals surface area contributed by atoms with Crippen molar-refractivity contribution in [2.45, 2.75) is 90.2 Å². The molecule has 1 aromatic heterocycles. The first-order valence-electron chi connectivity index (χ1n) is 15.9. The van der Waals surface area contributed by atoms with Crippen LogP contribution in [0.4, 0.5) is 11.5 Å². The number of nitriles is 1. The van der Waals surface area contributed by atoms with Crippen LogP contribution in [0.3, 0.4) is 0 Å². The van der Waals surface area contributed by atoms with Crippen molar-refractivity contribution in [3.8, 4) is 11.9 Å². The Kier molecular flexibility index (Phi) is 8.60. The highest BCUT2D eigenvalue weighted by Gasteiger charge is 2.44. The molecule has 2 aromatic rings. The van der Waals surface area contributed by atoms with Crippen molar-refractivity contribution in [2.75, 3.05) is 49.1 Å². The number of halogens is 1. The SMILES string of the molecule is Cc1c(N2CC3(CCN(c4ccc(OC5CCN(CC6CCCCC6)CC5)nn4)CC3)C[C@@H]2C)ccc(C#N)c1Cl. The predicted molar refractivity (Wildman–Crippen MR) is 165 cm³/mol. The van der Waals surface area contributed by atoms with Crippen LogP contribution >= 0.6 is 11.6 Å². The van der Waals surface area contributed by atoms with Gasteiger partial charge in [0, 0.05) is 57.1 Å². The molecular weight excluding hydrogens is 532 g/mol. The minimum atomic E-state index is 0.245. The number of aromatic nitrogens is 2. The summed E-state index contributed by atoms with van der Waals surface area (Å²) in [6, 6.07) is 10.7. The lowest BCUT2D eigenvalue weighted by Gasteiger charge is -2.40. The fourth-order valence-electron chi connectivity index (χ4n) is 7.95. The molecule has 1 spiro atoms. The second kappa shape index (κ2) is 12.4. The number of likely N-dealkylation sites (tertiary alicyclic amines) is 1. The fraction of sp³-hybridized carbons (Fsp3) is 0.667. The Morgan fingerprint density at radius 3 is 2.44 bits per heavy atom. The molecule has 3 saturated heterocycles. The molecule has 0 unspecified atom stereocenters. The van der Waals surface area contributed by atoms with Crippen molar-refractivity contribution in [3.63, 3.8) is 0 Å². The summed E-state index contributed by atoms with van der Waals surface area (Å²) in [5, 5.41) is 19.0. The molecule has 1 atom stereocenters. The molecule has 1 aliphatic carbocycles. The summed E-state index contributed by atoms with van der Waals surface area (Å²) in [7, 11) is 0. The van der Waals surface area contributed by atoms with E-state index in [1.165, 1.54) is 45.1 Å². The molecule has 3 aliphatic heterocycles. The lowest BCUT2D eigenvalue weighted by atomic mass is 9.77. The Balaban J connectivity index is 0.987. The van der Waals surface area contributed by atoms with Crippen molar-refractivity contribution >= 4 is 23.1 Å². The maximum Gasteiger partial charge on any atom is 0.233 e. The van der Waals surface area contributed by atoms with Gasteiger partial charge in [-0.2, -0.15) is 5.26 Å². The minimum Gasteiger partial charge on any atom is -0.473 e. The van der Waals surface area contributed by atoms with Gasteiger partial charge in [0.05, 0.1) is 10.6 Å². The Bertz CT molecular complexity index is 1220. The molecule has 0 amide bonds. The van der Waals surface area contributed by atoms with E-state index in [9.17, 15) is 5.26 Å². The quantitative estimate of drug-likeness (QED) is 0.383. The number of nitrogens with zero attached hydrogens (tertiary/aromatic N) is 6. The topological polar surface area (TPSA) is 68.5 Å². The molecule has 0 N–H and O–H groups in total. The van der Waals surface area contributed by atoms with E-state index in [0.29, 0.717) is 27.9 Å². The van der Waals surface area contributed by atoms with Crippen LogP contribution in [0.5, 0.6) is 5.88 Å². The third-order valence-corrected chi connectivity index (χ3v) is 10.9. The van der Waals surface area contributed by atoms with E-state index in [2.05, 4.69) is 50.0 Å². The smallest absolute Gasteiger partial charge is 0.233 e. The maximum atomic E-state index is 9.34. The summed E-state index contributed by atoms with van der Waals surface area (Å²) < 4.78 is 6.26. The zero-order valence-corrected chi connectivity index (χ0v) is 25.6. The van der Waals surface area contributed by atoms with Crippen molar-refractivity contribution < 1.29 is 4.74 Å². The summed E-state index contributed by atoms with van der Waals surface area (Å²) in [6.45, 7) is 10.9. The van der Waals surface area contributed by atoms with Crippen LogP contribution in [0.15, 0.2) is 24.3 Å². The Hall–Kier alpha value is -2.56. The lowest BCUT2D eigenvalue weighted by Crippen LogP contribution is -2.42. The second-order valence-electron chi connectivity index (χ2n) is 13.2. The molecule has 1 saturated carbocycles. The van der Waals surface area contributed by atoms with Gasteiger partial charge in [0.1, 0.15) is 12.2 Å². The molecule has 1 aromatic carbocycles. The van der Waals surface area contributed by atoms with Gasteiger partial charge in [0.2, 0.25) is 5.88 Å². The standard InChI is InChI=1S/C33H45ClN6O/c1-24-20-33(23-40(24)29-9-8-27(21-35)32(34)25(29)2)14-18-39(19-15-33)30-10-11-31(37-36-30)41-28-12-16-38(17-13-28)22-26-6-4-3-5-7-26/h8-11,24,26,28H,3-7,12-20,22-23H2,1-2H3/t24-/m0/s1. The number of rotatable bonds is 6. The number of benzene rings is 1. The summed E-state index contributed by atoms with van der Waals surface area (Å²) in [4.78, 5) is 7.53. The first kappa shape index (κ1) is 28.6. The van der Waals surface area contributed by atoms with Crippen LogP contribution in [0.2, 0.25) is 5.02 Å². The summed E-state index contributed by atoms with van der Waals surface area (Å²) in [5.41, 5.74) is 3.02. The summed E-state index contributed by atoms with van der Waals surface area (Å²) >= 11 is 6.51. The maximum absolute atomic E-state index is 9.34. The molecule has 4 fully saturated rings. The molecule has 0 bridgehead atoms. The highest BCUT2D eigenvalue weighted by Crippen LogP contribution is 2.46. The van der Waals surface area contributed by atoms with Gasteiger partial charge in [-0.25, -0.2) is 0 Å². The lowest BCUT2D eigenvalue weighted by molar-refractivity contribution is 0.0827. The molecule has 0 radical (unpaired) electrons. The third-order valence-electron chi connectivity index (χ3n) is 10.4. The van der Waals surface area contributed by atoms with Crippen LogP contribution in [0, 0.1) is 29.6 Å². The van der Waals surface area contributed by atoms with Gasteiger partial charge >= 0.3 is 0 Å². The van der Waals surface area contributed by atoms with Crippen molar-refractivity contribution in [1.82, 2.24) is 15.1 Å². The van der Waals surface area contributed by atoms with Crippen molar-refractivity contribution in [3.05, 3.63) is 40.4 Å². The molecule has 7 nitrogen and oxygen atoms in total. The van der Waals surface area contributed by atoms with Gasteiger partial charge in [-0.05, 0) is 93.9 Å². The highest BCUT2D eigenvalue weighted by atomic mass is 35.5. The third kappa shape index (κ3) is 6.29. The second-order valence-corrected chi connectivity index (χ2v) is 13.6. The van der Waals surface area contributed by atoms with Gasteiger partial charge in [-0.15, -0.1) is 10.2 Å². The van der Waals surface area contributed by atoms with Crippen molar-refractivity contribution in [2.24, 2.45) is 11.3 Å². The molecule has 4 aliphatic rings. The Labute approximate surface area is 250 Å². The van der Waals surface area contributed by atoms with E-state index in [1.54, 1.807) is 0 Å². The van der Waals surface area contributed by atoms with E-state index in [1.807, 2.05) is 19.1 Å². The van der Waals surface area contributed by atoms with Gasteiger partial charge in [-0.3, -0.25) is 0 Å². The zero-order valence-electron chi connectivity index (χ0n) is 24.8. The van der Waals surface area contributed by atoms with Crippen LogP contribution in [0.1, 0.15) is 82.3 Å². The van der Waals surface area contributed by atoms with E-state index in [0.717, 1.165) is 81.4 Å². The Morgan fingerprint density at radius 1 is 1.00 bits per heavy atom. The van der Waals surface area contributed by atoms with Crippen LogP contribution < -0.4 is 14.5 Å². The molecule has 220 valence electrons. The van der Waals surface area contributed by atoms with Gasteiger partial charge < -0.3 is 19.4 Å². The summed E-state index contributed by atoms with van der Waals surface area (Å²) in [5.74, 6) is 2.52. The Morgan fingerprint density at radius 2 is 1.76 bits per heavy atom. The van der Waals surface area contributed by atoms with E-state index in [-0.39, 0.29) is 6.10 Å². The van der Waals surface area contributed by atoms with E-state index >= 15 is 0 Å². The summed E-state index contributed by atoms with van der Waals surface area (Å²) in [6.07, 6.45) is 13.0. The molecule has 41 heavy (non-hydrogen) atoms. The zero-order chi connectivity index (χ0) is 28.4. The van der Waals surface area contributed by atoms with Crippen LogP contribution in [-0.2, 0) is 0 Å².